The van der Waals surface area contributed by atoms with Crippen molar-refractivity contribution in [2.45, 2.75) is 38.5 Å². The minimum Gasteiger partial charge on any atom is -0.364 e. The Morgan fingerprint density at radius 2 is 2.53 bits per heavy atom. The monoisotopic (exact) mass is 255 g/mol. The van der Waals surface area contributed by atoms with Gasteiger partial charge in [-0.3, -0.25) is 4.79 Å². The molecular weight excluding hydrogens is 238 g/mol. The SMILES string of the molecule is Cc1ncc(CNC(=O)C2CCC(CN)O2)s1. The highest BCUT2D eigenvalue weighted by Gasteiger charge is 2.29. The van der Waals surface area contributed by atoms with Gasteiger partial charge in [-0.1, -0.05) is 0 Å². The van der Waals surface area contributed by atoms with Crippen molar-refractivity contribution in [3.8, 4) is 0 Å². The minimum absolute atomic E-state index is 0.0383. The van der Waals surface area contributed by atoms with E-state index in [-0.39, 0.29) is 18.1 Å². The van der Waals surface area contributed by atoms with Crippen molar-refractivity contribution in [3.63, 3.8) is 0 Å². The van der Waals surface area contributed by atoms with Crippen LogP contribution in [-0.2, 0) is 16.1 Å². The maximum atomic E-state index is 11.8. The summed E-state index contributed by atoms with van der Waals surface area (Å²) in [5.41, 5.74) is 5.50. The van der Waals surface area contributed by atoms with Crippen LogP contribution >= 0.6 is 11.3 Å². The summed E-state index contributed by atoms with van der Waals surface area (Å²) in [5, 5.41) is 3.87. The number of aryl methyl sites for hydroxylation is 1. The third-order valence-corrected chi connectivity index (χ3v) is 3.68. The molecule has 5 nitrogen and oxygen atoms in total. The van der Waals surface area contributed by atoms with Gasteiger partial charge in [0.05, 0.1) is 17.7 Å². The summed E-state index contributed by atoms with van der Waals surface area (Å²) in [7, 11) is 0. The van der Waals surface area contributed by atoms with Crippen LogP contribution in [0.1, 0.15) is 22.7 Å². The number of nitrogens with zero attached hydrogens (tertiary/aromatic N) is 1. The van der Waals surface area contributed by atoms with Crippen LogP contribution in [0.3, 0.4) is 0 Å². The van der Waals surface area contributed by atoms with Crippen LogP contribution in [0.25, 0.3) is 0 Å². The zero-order valence-electron chi connectivity index (χ0n) is 9.81. The lowest BCUT2D eigenvalue weighted by Gasteiger charge is -2.11. The van der Waals surface area contributed by atoms with Crippen molar-refractivity contribution in [2.24, 2.45) is 5.73 Å². The average molecular weight is 255 g/mol. The van der Waals surface area contributed by atoms with Gasteiger partial charge in [-0.2, -0.15) is 0 Å². The maximum Gasteiger partial charge on any atom is 0.249 e. The van der Waals surface area contributed by atoms with Gasteiger partial charge in [0.15, 0.2) is 0 Å². The molecule has 1 aliphatic rings. The van der Waals surface area contributed by atoms with Gasteiger partial charge < -0.3 is 15.8 Å². The lowest BCUT2D eigenvalue weighted by atomic mass is 10.2. The van der Waals surface area contributed by atoms with E-state index in [9.17, 15) is 4.79 Å². The number of nitrogens with two attached hydrogens (primary N) is 1. The Balaban J connectivity index is 1.78. The first kappa shape index (κ1) is 12.5. The highest BCUT2D eigenvalue weighted by atomic mass is 32.1. The van der Waals surface area contributed by atoms with Crippen LogP contribution in [0.5, 0.6) is 0 Å². The molecule has 2 atom stereocenters. The number of thiazole rings is 1. The van der Waals surface area contributed by atoms with Crippen LogP contribution < -0.4 is 11.1 Å². The molecular formula is C11H17N3O2S. The molecule has 0 aliphatic carbocycles. The number of aromatic nitrogens is 1. The van der Waals surface area contributed by atoms with E-state index in [1.807, 2.05) is 6.92 Å². The van der Waals surface area contributed by atoms with Crippen molar-refractivity contribution < 1.29 is 9.53 Å². The molecule has 0 spiro atoms. The van der Waals surface area contributed by atoms with Gasteiger partial charge in [0.2, 0.25) is 5.91 Å². The van der Waals surface area contributed by atoms with Gasteiger partial charge >= 0.3 is 0 Å². The molecule has 2 rings (SSSR count). The first-order valence-corrected chi connectivity index (χ1v) is 6.55. The van der Waals surface area contributed by atoms with Gasteiger partial charge in [0.1, 0.15) is 6.10 Å². The molecule has 1 aromatic heterocycles. The molecule has 94 valence electrons. The Morgan fingerprint density at radius 1 is 1.71 bits per heavy atom. The molecule has 2 heterocycles. The molecule has 1 amide bonds. The third-order valence-electron chi connectivity index (χ3n) is 2.77. The number of carbonyl (C=O) groups is 1. The second-order valence-electron chi connectivity index (χ2n) is 4.12. The van der Waals surface area contributed by atoms with Crippen LogP contribution in [0, 0.1) is 6.92 Å². The van der Waals surface area contributed by atoms with Crippen molar-refractivity contribution in [3.05, 3.63) is 16.1 Å². The summed E-state index contributed by atoms with van der Waals surface area (Å²) in [6.07, 6.45) is 3.12. The number of rotatable bonds is 4. The average Bonchev–Trinajstić information content (AvgIpc) is 2.94. The molecule has 1 fully saturated rings. The lowest BCUT2D eigenvalue weighted by molar-refractivity contribution is -0.132. The van der Waals surface area contributed by atoms with E-state index in [1.165, 1.54) is 0 Å². The Hall–Kier alpha value is -0.980. The zero-order valence-corrected chi connectivity index (χ0v) is 10.6. The quantitative estimate of drug-likeness (QED) is 0.825. The number of amides is 1. The standard InChI is InChI=1S/C11H17N3O2S/c1-7-13-5-9(17-7)6-14-11(15)10-3-2-8(4-12)16-10/h5,8,10H,2-4,6,12H2,1H3,(H,14,15). The number of hydrogen-bond acceptors (Lipinski definition) is 5. The molecule has 1 aromatic rings. The zero-order chi connectivity index (χ0) is 12.3. The second kappa shape index (κ2) is 5.57. The fourth-order valence-electron chi connectivity index (χ4n) is 1.85. The molecule has 17 heavy (non-hydrogen) atoms. The fourth-order valence-corrected chi connectivity index (χ4v) is 2.58. The van der Waals surface area contributed by atoms with E-state index >= 15 is 0 Å². The molecule has 1 saturated heterocycles. The van der Waals surface area contributed by atoms with E-state index in [1.54, 1.807) is 17.5 Å². The van der Waals surface area contributed by atoms with Gasteiger partial charge in [-0.15, -0.1) is 11.3 Å². The van der Waals surface area contributed by atoms with Crippen molar-refractivity contribution in [1.29, 1.82) is 0 Å². The normalized spacial score (nSPS) is 23.9. The summed E-state index contributed by atoms with van der Waals surface area (Å²) < 4.78 is 5.52. The fraction of sp³-hybridized carbons (Fsp3) is 0.636. The molecule has 0 bridgehead atoms. The van der Waals surface area contributed by atoms with Crippen molar-refractivity contribution in [2.75, 3.05) is 6.54 Å². The first-order chi connectivity index (χ1) is 8.19. The topological polar surface area (TPSA) is 77.2 Å². The van der Waals surface area contributed by atoms with Crippen molar-refractivity contribution >= 4 is 17.2 Å². The lowest BCUT2D eigenvalue weighted by Crippen LogP contribution is -2.34. The number of carbonyl (C=O) groups excluding carboxylic acids is 1. The smallest absolute Gasteiger partial charge is 0.249 e. The van der Waals surface area contributed by atoms with Gasteiger partial charge in [-0.05, 0) is 19.8 Å². The predicted molar refractivity (Wildman–Crippen MR) is 65.6 cm³/mol. The molecule has 3 N–H and O–H groups in total. The van der Waals surface area contributed by atoms with Crippen LogP contribution in [0.15, 0.2) is 6.20 Å². The molecule has 0 radical (unpaired) electrons. The van der Waals surface area contributed by atoms with E-state index in [2.05, 4.69) is 10.3 Å². The summed E-state index contributed by atoms with van der Waals surface area (Å²) in [6, 6.07) is 0. The Labute approximate surface area is 104 Å². The van der Waals surface area contributed by atoms with Crippen LogP contribution in [-0.4, -0.2) is 29.6 Å². The van der Waals surface area contributed by atoms with Crippen LogP contribution in [0.2, 0.25) is 0 Å². The van der Waals surface area contributed by atoms with E-state index in [0.29, 0.717) is 13.1 Å². The van der Waals surface area contributed by atoms with Crippen LogP contribution in [0.4, 0.5) is 0 Å². The molecule has 6 heteroatoms. The number of hydrogen-bond donors (Lipinski definition) is 2. The number of nitrogens with one attached hydrogen (secondary N) is 1. The van der Waals surface area contributed by atoms with Crippen molar-refractivity contribution in [1.82, 2.24) is 10.3 Å². The van der Waals surface area contributed by atoms with Gasteiger partial charge in [0.25, 0.3) is 0 Å². The summed E-state index contributed by atoms with van der Waals surface area (Å²) in [5.74, 6) is -0.0491. The predicted octanol–water partition coefficient (Wildman–Crippen LogP) is 0.574. The van der Waals surface area contributed by atoms with E-state index in [0.717, 1.165) is 22.7 Å². The highest BCUT2D eigenvalue weighted by Crippen LogP contribution is 2.19. The highest BCUT2D eigenvalue weighted by molar-refractivity contribution is 7.11. The molecule has 1 aliphatic heterocycles. The van der Waals surface area contributed by atoms with Gasteiger partial charge in [0, 0.05) is 17.6 Å². The van der Waals surface area contributed by atoms with E-state index < -0.39 is 0 Å². The molecule has 0 saturated carbocycles. The largest absolute Gasteiger partial charge is 0.364 e. The number of ether oxygens (including phenoxy) is 1. The third kappa shape index (κ3) is 3.24. The maximum absolute atomic E-state index is 11.8. The first-order valence-electron chi connectivity index (χ1n) is 5.73. The Kier molecular flexibility index (Phi) is 4.09. The Morgan fingerprint density at radius 3 is 3.12 bits per heavy atom. The Bertz CT molecular complexity index is 394. The summed E-state index contributed by atoms with van der Waals surface area (Å²) in [4.78, 5) is 17.0. The van der Waals surface area contributed by atoms with Gasteiger partial charge in [-0.25, -0.2) is 4.98 Å². The second-order valence-corrected chi connectivity index (χ2v) is 5.44. The molecule has 2 unspecified atom stereocenters. The van der Waals surface area contributed by atoms with E-state index in [4.69, 9.17) is 10.5 Å². The summed E-state index contributed by atoms with van der Waals surface area (Å²) in [6.45, 7) is 2.96. The summed E-state index contributed by atoms with van der Waals surface area (Å²) >= 11 is 1.59. The minimum atomic E-state index is -0.336. The molecule has 0 aromatic carbocycles.